The fourth-order valence-corrected chi connectivity index (χ4v) is 2.54. The lowest BCUT2D eigenvalue weighted by molar-refractivity contribution is -0.139. The predicted octanol–water partition coefficient (Wildman–Crippen LogP) is 2.39. The predicted molar refractivity (Wildman–Crippen MR) is 87.2 cm³/mol. The van der Waals surface area contributed by atoms with Crippen LogP contribution in [0.4, 0.5) is 0 Å². The summed E-state index contributed by atoms with van der Waals surface area (Å²) in [5.41, 5.74) is 1.14. The maximum atomic E-state index is 12.5. The van der Waals surface area contributed by atoms with E-state index in [0.29, 0.717) is 6.42 Å². The summed E-state index contributed by atoms with van der Waals surface area (Å²) < 4.78 is 5.88. The third kappa shape index (κ3) is 4.61. The Balaban J connectivity index is 0.00000220. The molecule has 0 aliphatic carbocycles. The minimum atomic E-state index is -0.401. The van der Waals surface area contributed by atoms with Gasteiger partial charge in [0, 0.05) is 19.6 Å². The van der Waals surface area contributed by atoms with Gasteiger partial charge in [-0.3, -0.25) is 4.79 Å². The zero-order chi connectivity index (χ0) is 14.5. The number of nitrogens with one attached hydrogen (secondary N) is 1. The number of carbonyl (C=O) groups is 1. The molecule has 0 bridgehead atoms. The average molecular weight is 313 g/mol. The zero-order valence-electron chi connectivity index (χ0n) is 13.0. The second kappa shape index (κ2) is 8.25. The first-order valence-corrected chi connectivity index (χ1v) is 7.32. The van der Waals surface area contributed by atoms with Gasteiger partial charge in [0.2, 0.25) is 0 Å². The number of rotatable bonds is 5. The van der Waals surface area contributed by atoms with Crippen LogP contribution in [-0.2, 0) is 4.79 Å². The van der Waals surface area contributed by atoms with Crippen molar-refractivity contribution in [3.05, 3.63) is 29.8 Å². The van der Waals surface area contributed by atoms with Crippen LogP contribution in [-0.4, -0.2) is 43.1 Å². The second-order valence-corrected chi connectivity index (χ2v) is 5.43. The fourth-order valence-electron chi connectivity index (χ4n) is 2.54. The minimum Gasteiger partial charge on any atom is -0.481 e. The van der Waals surface area contributed by atoms with Gasteiger partial charge < -0.3 is 15.0 Å². The summed E-state index contributed by atoms with van der Waals surface area (Å²) in [6.07, 6.45) is 1.29. The fraction of sp³-hybridized carbons (Fsp3) is 0.562. The molecule has 2 rings (SSSR count). The first kappa shape index (κ1) is 17.8. The Kier molecular flexibility index (Phi) is 6.99. The van der Waals surface area contributed by atoms with Gasteiger partial charge in [-0.15, -0.1) is 12.4 Å². The van der Waals surface area contributed by atoms with Gasteiger partial charge in [-0.05, 0) is 44.0 Å². The molecule has 0 spiro atoms. The number of ether oxygens (including phenoxy) is 1. The molecule has 1 aliphatic heterocycles. The van der Waals surface area contributed by atoms with Crippen LogP contribution in [0.2, 0.25) is 0 Å². The number of hydrogen-bond acceptors (Lipinski definition) is 3. The molecule has 5 heteroatoms. The van der Waals surface area contributed by atoms with E-state index in [1.165, 1.54) is 0 Å². The highest BCUT2D eigenvalue weighted by atomic mass is 35.5. The van der Waals surface area contributed by atoms with Crippen molar-refractivity contribution < 1.29 is 9.53 Å². The van der Waals surface area contributed by atoms with Crippen molar-refractivity contribution in [2.75, 3.05) is 20.1 Å². The summed E-state index contributed by atoms with van der Waals surface area (Å²) >= 11 is 0. The van der Waals surface area contributed by atoms with Crippen molar-refractivity contribution in [1.29, 1.82) is 0 Å². The number of aryl methyl sites for hydroxylation is 1. The van der Waals surface area contributed by atoms with Crippen molar-refractivity contribution in [2.24, 2.45) is 0 Å². The Labute approximate surface area is 133 Å². The van der Waals surface area contributed by atoms with Crippen LogP contribution in [0.3, 0.4) is 0 Å². The minimum absolute atomic E-state index is 0. The zero-order valence-corrected chi connectivity index (χ0v) is 13.8. The van der Waals surface area contributed by atoms with E-state index in [9.17, 15) is 4.79 Å². The Morgan fingerprint density at radius 3 is 2.86 bits per heavy atom. The molecule has 1 fully saturated rings. The van der Waals surface area contributed by atoms with Gasteiger partial charge in [-0.1, -0.05) is 19.1 Å². The van der Waals surface area contributed by atoms with Gasteiger partial charge in [-0.25, -0.2) is 0 Å². The molecule has 118 valence electrons. The second-order valence-electron chi connectivity index (χ2n) is 5.43. The maximum Gasteiger partial charge on any atom is 0.263 e. The summed E-state index contributed by atoms with van der Waals surface area (Å²) in [5.74, 6) is 0.839. The first-order valence-electron chi connectivity index (χ1n) is 7.32. The summed E-state index contributed by atoms with van der Waals surface area (Å²) in [5, 5.41) is 3.29. The van der Waals surface area contributed by atoms with E-state index in [-0.39, 0.29) is 24.4 Å². The Morgan fingerprint density at radius 1 is 1.52 bits per heavy atom. The molecule has 4 nitrogen and oxygen atoms in total. The van der Waals surface area contributed by atoms with Crippen molar-refractivity contribution in [3.63, 3.8) is 0 Å². The van der Waals surface area contributed by atoms with Gasteiger partial charge in [0.05, 0.1) is 0 Å². The van der Waals surface area contributed by atoms with Crippen LogP contribution in [0.15, 0.2) is 24.3 Å². The number of carbonyl (C=O) groups excluding carboxylic acids is 1. The summed E-state index contributed by atoms with van der Waals surface area (Å²) in [4.78, 5) is 14.4. The number of nitrogens with zero attached hydrogens (tertiary/aromatic N) is 1. The number of likely N-dealkylation sites (N-methyl/N-ethyl adjacent to an activating group) is 1. The molecule has 2 atom stereocenters. The first-order chi connectivity index (χ1) is 9.61. The van der Waals surface area contributed by atoms with Crippen molar-refractivity contribution >= 4 is 18.3 Å². The van der Waals surface area contributed by atoms with Gasteiger partial charge in [0.25, 0.3) is 5.91 Å². The molecule has 1 N–H and O–H groups in total. The molecule has 2 unspecified atom stereocenters. The third-order valence-corrected chi connectivity index (χ3v) is 3.84. The molecular weight excluding hydrogens is 288 g/mol. The molecule has 1 aromatic rings. The quantitative estimate of drug-likeness (QED) is 0.907. The summed E-state index contributed by atoms with van der Waals surface area (Å²) in [7, 11) is 1.88. The van der Waals surface area contributed by atoms with E-state index in [1.54, 1.807) is 0 Å². The molecule has 0 aromatic heterocycles. The van der Waals surface area contributed by atoms with E-state index in [2.05, 4.69) is 5.32 Å². The largest absolute Gasteiger partial charge is 0.481 e. The monoisotopic (exact) mass is 312 g/mol. The Bertz CT molecular complexity index is 461. The highest BCUT2D eigenvalue weighted by molar-refractivity contribution is 5.85. The standard InChI is InChI=1S/C16H24N2O2.ClH/c1-4-15(20-14-7-5-6-12(2)10-14)16(19)18(3)13-8-9-17-11-13;/h5-7,10,13,15,17H,4,8-9,11H2,1-3H3;1H. The summed E-state index contributed by atoms with van der Waals surface area (Å²) in [6.45, 7) is 5.87. The normalized spacial score (nSPS) is 18.7. The Hall–Kier alpha value is -1.26. The van der Waals surface area contributed by atoms with Crippen LogP contribution >= 0.6 is 12.4 Å². The third-order valence-electron chi connectivity index (χ3n) is 3.84. The lowest BCUT2D eigenvalue weighted by Crippen LogP contribution is -2.45. The summed E-state index contributed by atoms with van der Waals surface area (Å²) in [6, 6.07) is 8.13. The van der Waals surface area contributed by atoms with Crippen LogP contribution in [0, 0.1) is 6.92 Å². The topological polar surface area (TPSA) is 41.6 Å². The van der Waals surface area contributed by atoms with Gasteiger partial charge in [0.1, 0.15) is 5.75 Å². The molecule has 21 heavy (non-hydrogen) atoms. The van der Waals surface area contributed by atoms with Crippen molar-refractivity contribution in [2.45, 2.75) is 38.8 Å². The van der Waals surface area contributed by atoms with Crippen LogP contribution in [0.25, 0.3) is 0 Å². The highest BCUT2D eigenvalue weighted by Crippen LogP contribution is 2.17. The maximum absolute atomic E-state index is 12.5. The molecule has 1 saturated heterocycles. The van der Waals surface area contributed by atoms with E-state index >= 15 is 0 Å². The molecule has 1 aliphatic rings. The average Bonchev–Trinajstić information content (AvgIpc) is 2.97. The molecule has 1 heterocycles. The number of halogens is 1. The number of benzene rings is 1. The van der Waals surface area contributed by atoms with Crippen LogP contribution < -0.4 is 10.1 Å². The lowest BCUT2D eigenvalue weighted by atomic mass is 10.1. The van der Waals surface area contributed by atoms with Crippen LogP contribution in [0.5, 0.6) is 5.75 Å². The van der Waals surface area contributed by atoms with Crippen molar-refractivity contribution in [1.82, 2.24) is 10.2 Å². The van der Waals surface area contributed by atoms with Gasteiger partial charge in [0.15, 0.2) is 6.10 Å². The Morgan fingerprint density at radius 2 is 2.29 bits per heavy atom. The smallest absolute Gasteiger partial charge is 0.263 e. The van der Waals surface area contributed by atoms with E-state index in [0.717, 1.165) is 30.8 Å². The number of hydrogen-bond donors (Lipinski definition) is 1. The van der Waals surface area contributed by atoms with E-state index in [4.69, 9.17) is 4.74 Å². The molecule has 0 radical (unpaired) electrons. The number of amides is 1. The molecular formula is C16H25ClN2O2. The highest BCUT2D eigenvalue weighted by Gasteiger charge is 2.28. The van der Waals surface area contributed by atoms with Crippen LogP contribution in [0.1, 0.15) is 25.3 Å². The lowest BCUT2D eigenvalue weighted by Gasteiger charge is -2.28. The van der Waals surface area contributed by atoms with Gasteiger partial charge in [-0.2, -0.15) is 0 Å². The molecule has 1 aromatic carbocycles. The SMILES string of the molecule is CCC(Oc1cccc(C)c1)C(=O)N(C)C1CCNC1.Cl. The van der Waals surface area contributed by atoms with E-state index in [1.807, 2.05) is 50.1 Å². The molecule has 0 saturated carbocycles. The molecule has 1 amide bonds. The van der Waals surface area contributed by atoms with Gasteiger partial charge >= 0.3 is 0 Å². The van der Waals surface area contributed by atoms with E-state index < -0.39 is 6.10 Å². The van der Waals surface area contributed by atoms with Crippen molar-refractivity contribution in [3.8, 4) is 5.75 Å².